The van der Waals surface area contributed by atoms with Crippen LogP contribution in [0.3, 0.4) is 0 Å². The summed E-state index contributed by atoms with van der Waals surface area (Å²) in [6.07, 6.45) is 0. The van der Waals surface area contributed by atoms with Crippen LogP contribution >= 0.6 is 39.1 Å². The average Bonchev–Trinajstić information content (AvgIpc) is 2.81. The second kappa shape index (κ2) is 7.02. The monoisotopic (exact) mass is 454 g/mol. The molecule has 1 atom stereocenters. The Morgan fingerprint density at radius 3 is 2.50 bits per heavy atom. The van der Waals surface area contributed by atoms with Crippen LogP contribution in [0, 0.1) is 0 Å². The molecule has 26 heavy (non-hydrogen) atoms. The van der Waals surface area contributed by atoms with Crippen LogP contribution in [0.15, 0.2) is 46.9 Å². The lowest BCUT2D eigenvalue weighted by molar-refractivity contribution is -0.130. The topological polar surface area (TPSA) is 66.5 Å². The molecule has 0 aromatic heterocycles. The Labute approximate surface area is 168 Å². The molecule has 3 rings (SSSR count). The highest BCUT2D eigenvalue weighted by molar-refractivity contribution is 9.10. The smallest absolute Gasteiger partial charge is 0.319 e. The van der Waals surface area contributed by atoms with Crippen molar-refractivity contribution in [2.45, 2.75) is 12.5 Å². The Kier molecular flexibility index (Phi) is 5.10. The SMILES string of the molecule is CC1(c2ccccc2Br)NC(=O)N(CC(=O)c2ccc(Cl)c(Cl)c2)C1=O. The number of rotatable bonds is 4. The van der Waals surface area contributed by atoms with Crippen molar-refractivity contribution < 1.29 is 14.4 Å². The van der Waals surface area contributed by atoms with Crippen LogP contribution in [0.2, 0.25) is 10.0 Å². The molecule has 8 heteroatoms. The van der Waals surface area contributed by atoms with Gasteiger partial charge in [-0.1, -0.05) is 57.3 Å². The van der Waals surface area contributed by atoms with Crippen LogP contribution in [-0.2, 0) is 10.3 Å². The van der Waals surface area contributed by atoms with Gasteiger partial charge in [0.25, 0.3) is 5.91 Å². The molecule has 1 unspecified atom stereocenters. The second-order valence-electron chi connectivity index (χ2n) is 5.98. The van der Waals surface area contributed by atoms with E-state index in [1.807, 2.05) is 6.07 Å². The van der Waals surface area contributed by atoms with Crippen molar-refractivity contribution in [3.8, 4) is 0 Å². The molecule has 1 N–H and O–H groups in total. The van der Waals surface area contributed by atoms with Gasteiger partial charge in [0, 0.05) is 15.6 Å². The molecule has 1 saturated heterocycles. The van der Waals surface area contributed by atoms with Crippen LogP contribution in [0.25, 0.3) is 0 Å². The fourth-order valence-electron chi connectivity index (χ4n) is 2.79. The molecule has 0 saturated carbocycles. The molecule has 3 amide bonds. The van der Waals surface area contributed by atoms with Gasteiger partial charge in [0.15, 0.2) is 5.78 Å². The zero-order valence-electron chi connectivity index (χ0n) is 13.6. The summed E-state index contributed by atoms with van der Waals surface area (Å²) in [5.74, 6) is -0.911. The molecule has 1 fully saturated rings. The zero-order valence-corrected chi connectivity index (χ0v) is 16.7. The molecular formula is C18H13BrCl2N2O3. The Bertz CT molecular complexity index is 934. The van der Waals surface area contributed by atoms with E-state index in [-0.39, 0.29) is 17.1 Å². The number of carbonyl (C=O) groups is 3. The van der Waals surface area contributed by atoms with Gasteiger partial charge >= 0.3 is 6.03 Å². The van der Waals surface area contributed by atoms with Gasteiger partial charge in [-0.05, 0) is 31.2 Å². The molecule has 1 aliphatic rings. The first-order chi connectivity index (χ1) is 12.2. The van der Waals surface area contributed by atoms with Crippen molar-refractivity contribution in [1.29, 1.82) is 0 Å². The number of hydrogen-bond donors (Lipinski definition) is 1. The van der Waals surface area contributed by atoms with Crippen molar-refractivity contribution in [3.63, 3.8) is 0 Å². The highest BCUT2D eigenvalue weighted by atomic mass is 79.9. The Morgan fingerprint density at radius 2 is 1.85 bits per heavy atom. The Balaban J connectivity index is 1.86. The van der Waals surface area contributed by atoms with E-state index in [0.29, 0.717) is 15.1 Å². The van der Waals surface area contributed by atoms with Gasteiger partial charge in [-0.3, -0.25) is 14.5 Å². The second-order valence-corrected chi connectivity index (χ2v) is 7.65. The van der Waals surface area contributed by atoms with E-state index < -0.39 is 23.3 Å². The predicted octanol–water partition coefficient (Wildman–Crippen LogP) is 4.41. The third-order valence-electron chi connectivity index (χ3n) is 4.23. The molecule has 2 aromatic carbocycles. The van der Waals surface area contributed by atoms with Gasteiger partial charge in [0.2, 0.25) is 0 Å². The number of ketones is 1. The van der Waals surface area contributed by atoms with Crippen LogP contribution in [-0.4, -0.2) is 29.2 Å². The van der Waals surface area contributed by atoms with Gasteiger partial charge < -0.3 is 5.32 Å². The molecule has 1 heterocycles. The van der Waals surface area contributed by atoms with Crippen molar-refractivity contribution in [2.24, 2.45) is 0 Å². The lowest BCUT2D eigenvalue weighted by Crippen LogP contribution is -2.41. The molecule has 0 spiro atoms. The summed E-state index contributed by atoms with van der Waals surface area (Å²) in [6, 6.07) is 10.9. The lowest BCUT2D eigenvalue weighted by atomic mass is 9.92. The summed E-state index contributed by atoms with van der Waals surface area (Å²) < 4.78 is 0.689. The third kappa shape index (κ3) is 3.24. The van der Waals surface area contributed by atoms with E-state index >= 15 is 0 Å². The molecule has 1 aliphatic heterocycles. The Hall–Kier alpha value is -1.89. The normalized spacial score (nSPS) is 19.6. The minimum absolute atomic E-state index is 0.229. The van der Waals surface area contributed by atoms with Gasteiger partial charge in [-0.25, -0.2) is 4.79 Å². The maximum absolute atomic E-state index is 12.9. The van der Waals surface area contributed by atoms with Crippen molar-refractivity contribution in [1.82, 2.24) is 10.2 Å². The first-order valence-electron chi connectivity index (χ1n) is 7.61. The fraction of sp³-hybridized carbons (Fsp3) is 0.167. The maximum atomic E-state index is 12.9. The quantitative estimate of drug-likeness (QED) is 0.548. The van der Waals surface area contributed by atoms with Gasteiger partial charge in [0.05, 0.1) is 16.6 Å². The average molecular weight is 456 g/mol. The largest absolute Gasteiger partial charge is 0.325 e. The Morgan fingerprint density at radius 1 is 1.15 bits per heavy atom. The van der Waals surface area contributed by atoms with Crippen LogP contribution in [0.1, 0.15) is 22.8 Å². The number of amides is 3. The number of Topliss-reactive ketones (excluding diaryl/α,β-unsaturated/α-hetero) is 1. The van der Waals surface area contributed by atoms with Gasteiger partial charge in [0.1, 0.15) is 5.54 Å². The first kappa shape index (κ1) is 18.9. The molecular weight excluding hydrogens is 443 g/mol. The summed E-state index contributed by atoms with van der Waals surface area (Å²) in [5, 5.41) is 3.22. The summed E-state index contributed by atoms with van der Waals surface area (Å²) in [4.78, 5) is 38.6. The number of urea groups is 1. The summed E-state index contributed by atoms with van der Waals surface area (Å²) in [6.45, 7) is 1.22. The minimum atomic E-state index is -1.25. The van der Waals surface area contributed by atoms with Crippen molar-refractivity contribution >= 4 is 56.9 Å². The number of imide groups is 1. The highest BCUT2D eigenvalue weighted by Crippen LogP contribution is 2.33. The fourth-order valence-corrected chi connectivity index (χ4v) is 3.77. The highest BCUT2D eigenvalue weighted by Gasteiger charge is 2.50. The summed E-state index contributed by atoms with van der Waals surface area (Å²) >= 11 is 15.2. The van der Waals surface area contributed by atoms with E-state index in [0.717, 1.165) is 4.90 Å². The van der Waals surface area contributed by atoms with Gasteiger partial charge in [-0.2, -0.15) is 0 Å². The van der Waals surface area contributed by atoms with Crippen LogP contribution < -0.4 is 5.32 Å². The number of nitrogens with one attached hydrogen (secondary N) is 1. The van der Waals surface area contributed by atoms with Crippen LogP contribution in [0.5, 0.6) is 0 Å². The maximum Gasteiger partial charge on any atom is 0.325 e. The van der Waals surface area contributed by atoms with E-state index in [2.05, 4.69) is 21.2 Å². The number of nitrogens with zero attached hydrogens (tertiary/aromatic N) is 1. The van der Waals surface area contributed by atoms with Gasteiger partial charge in [-0.15, -0.1) is 0 Å². The predicted molar refractivity (Wildman–Crippen MR) is 103 cm³/mol. The number of carbonyl (C=O) groups excluding carboxylic acids is 3. The molecule has 0 aliphatic carbocycles. The molecule has 2 aromatic rings. The number of halogens is 3. The van der Waals surface area contributed by atoms with E-state index in [1.54, 1.807) is 25.1 Å². The molecule has 0 radical (unpaired) electrons. The number of hydrogen-bond acceptors (Lipinski definition) is 3. The molecule has 5 nitrogen and oxygen atoms in total. The first-order valence-corrected chi connectivity index (χ1v) is 9.16. The summed E-state index contributed by atoms with van der Waals surface area (Å²) in [7, 11) is 0. The van der Waals surface area contributed by atoms with E-state index in [4.69, 9.17) is 23.2 Å². The standard InChI is InChI=1S/C18H13BrCl2N2O3/c1-18(11-4-2-3-5-12(11)19)16(25)23(17(26)22-18)9-15(24)10-6-7-13(20)14(21)8-10/h2-8H,9H2,1H3,(H,22,26). The summed E-state index contributed by atoms with van der Waals surface area (Å²) in [5.41, 5.74) is -0.368. The number of benzene rings is 2. The van der Waals surface area contributed by atoms with E-state index in [1.165, 1.54) is 18.2 Å². The van der Waals surface area contributed by atoms with Crippen LogP contribution in [0.4, 0.5) is 4.79 Å². The minimum Gasteiger partial charge on any atom is -0.319 e. The van der Waals surface area contributed by atoms with E-state index in [9.17, 15) is 14.4 Å². The van der Waals surface area contributed by atoms with Crippen molar-refractivity contribution in [3.05, 3.63) is 68.1 Å². The van der Waals surface area contributed by atoms with Crippen molar-refractivity contribution in [2.75, 3.05) is 6.54 Å². The lowest BCUT2D eigenvalue weighted by Gasteiger charge is -2.23. The molecule has 134 valence electrons. The third-order valence-corrected chi connectivity index (χ3v) is 5.66. The molecule has 0 bridgehead atoms. The zero-order chi connectivity index (χ0) is 19.1.